The second-order valence-electron chi connectivity index (χ2n) is 5.35. The number of ether oxygens (including phenoxy) is 1. The number of hydrogen-bond acceptors (Lipinski definition) is 3. The Morgan fingerprint density at radius 3 is 2.42 bits per heavy atom. The average Bonchev–Trinajstić information content (AvgIpc) is 2.46. The van der Waals surface area contributed by atoms with Crippen LogP contribution < -0.4 is 10.5 Å². The summed E-state index contributed by atoms with van der Waals surface area (Å²) in [6.45, 7) is 2.79. The Bertz CT molecular complexity index is 405. The van der Waals surface area contributed by atoms with Crippen molar-refractivity contribution in [2.45, 2.75) is 45.1 Å². The van der Waals surface area contributed by atoms with E-state index < -0.39 is 0 Å². The Labute approximate surface area is 115 Å². The van der Waals surface area contributed by atoms with Gasteiger partial charge in [0, 0.05) is 17.5 Å². The molecule has 1 aliphatic rings. The molecule has 3 nitrogen and oxygen atoms in total. The summed E-state index contributed by atoms with van der Waals surface area (Å²) >= 11 is 0. The van der Waals surface area contributed by atoms with Gasteiger partial charge in [0.15, 0.2) is 5.78 Å². The van der Waals surface area contributed by atoms with Crippen molar-refractivity contribution in [1.82, 2.24) is 0 Å². The zero-order valence-corrected chi connectivity index (χ0v) is 11.6. The minimum absolute atomic E-state index is 0.155. The van der Waals surface area contributed by atoms with Crippen LogP contribution in [0, 0.1) is 5.92 Å². The van der Waals surface area contributed by atoms with Gasteiger partial charge in [0.1, 0.15) is 5.75 Å². The second-order valence-corrected chi connectivity index (χ2v) is 5.35. The maximum atomic E-state index is 12.4. The number of carbonyl (C=O) groups excluding carboxylic acids is 1. The molecule has 0 unspecified atom stereocenters. The van der Waals surface area contributed by atoms with Gasteiger partial charge in [-0.1, -0.05) is 6.92 Å². The standard InChI is InChI=1S/C16H23NO2/c1-2-11-19-15-9-5-13(6-10-15)16(18)12-3-7-14(17)8-4-12/h5-6,9-10,12,14H,2-4,7-8,11,17H2,1H3. The van der Waals surface area contributed by atoms with E-state index in [2.05, 4.69) is 6.92 Å². The fourth-order valence-electron chi connectivity index (χ4n) is 2.55. The molecule has 0 spiro atoms. The summed E-state index contributed by atoms with van der Waals surface area (Å²) in [4.78, 5) is 12.4. The van der Waals surface area contributed by atoms with Crippen LogP contribution in [0.5, 0.6) is 5.75 Å². The average molecular weight is 261 g/mol. The van der Waals surface area contributed by atoms with Gasteiger partial charge >= 0.3 is 0 Å². The van der Waals surface area contributed by atoms with Gasteiger partial charge in [0.25, 0.3) is 0 Å². The predicted octanol–water partition coefficient (Wildman–Crippen LogP) is 3.18. The topological polar surface area (TPSA) is 52.3 Å². The van der Waals surface area contributed by atoms with Gasteiger partial charge in [0.2, 0.25) is 0 Å². The zero-order chi connectivity index (χ0) is 13.7. The Morgan fingerprint density at radius 1 is 1.21 bits per heavy atom. The number of ketones is 1. The van der Waals surface area contributed by atoms with Crippen molar-refractivity contribution in [1.29, 1.82) is 0 Å². The van der Waals surface area contributed by atoms with Gasteiger partial charge in [0.05, 0.1) is 6.61 Å². The smallest absolute Gasteiger partial charge is 0.165 e. The lowest BCUT2D eigenvalue weighted by Gasteiger charge is -2.25. The van der Waals surface area contributed by atoms with Crippen molar-refractivity contribution in [3.05, 3.63) is 29.8 Å². The van der Waals surface area contributed by atoms with Crippen molar-refractivity contribution in [2.24, 2.45) is 11.7 Å². The van der Waals surface area contributed by atoms with Crippen LogP contribution in [0.25, 0.3) is 0 Å². The SMILES string of the molecule is CCCOc1ccc(C(=O)C2CCC(N)CC2)cc1. The van der Waals surface area contributed by atoms with Crippen LogP contribution in [0.3, 0.4) is 0 Å². The maximum absolute atomic E-state index is 12.4. The molecule has 0 amide bonds. The summed E-state index contributed by atoms with van der Waals surface area (Å²) < 4.78 is 5.52. The highest BCUT2D eigenvalue weighted by atomic mass is 16.5. The Morgan fingerprint density at radius 2 is 1.84 bits per heavy atom. The molecule has 0 radical (unpaired) electrons. The molecule has 104 valence electrons. The largest absolute Gasteiger partial charge is 0.494 e. The van der Waals surface area contributed by atoms with Crippen LogP contribution in [0.4, 0.5) is 0 Å². The van der Waals surface area contributed by atoms with E-state index in [9.17, 15) is 4.79 Å². The number of Topliss-reactive ketones (excluding diaryl/α,β-unsaturated/α-hetero) is 1. The summed E-state index contributed by atoms with van der Waals surface area (Å²) in [6.07, 6.45) is 4.77. The van der Waals surface area contributed by atoms with Gasteiger partial charge < -0.3 is 10.5 Å². The first-order valence-electron chi connectivity index (χ1n) is 7.23. The fourth-order valence-corrected chi connectivity index (χ4v) is 2.55. The van der Waals surface area contributed by atoms with E-state index >= 15 is 0 Å². The number of rotatable bonds is 5. The van der Waals surface area contributed by atoms with Crippen LogP contribution in [0.1, 0.15) is 49.4 Å². The molecular formula is C16H23NO2. The predicted molar refractivity (Wildman–Crippen MR) is 76.5 cm³/mol. The zero-order valence-electron chi connectivity index (χ0n) is 11.6. The third kappa shape index (κ3) is 3.80. The van der Waals surface area contributed by atoms with E-state index in [4.69, 9.17) is 10.5 Å². The summed E-state index contributed by atoms with van der Waals surface area (Å²) in [5.74, 6) is 1.25. The molecule has 1 fully saturated rings. The normalized spacial score (nSPS) is 23.1. The highest BCUT2D eigenvalue weighted by Gasteiger charge is 2.25. The Balaban J connectivity index is 1.95. The van der Waals surface area contributed by atoms with E-state index in [-0.39, 0.29) is 17.7 Å². The molecule has 0 heterocycles. The van der Waals surface area contributed by atoms with Crippen LogP contribution >= 0.6 is 0 Å². The lowest BCUT2D eigenvalue weighted by molar-refractivity contribution is 0.0884. The monoisotopic (exact) mass is 261 g/mol. The van der Waals surface area contributed by atoms with E-state index in [1.165, 1.54) is 0 Å². The van der Waals surface area contributed by atoms with Gasteiger partial charge in [-0.25, -0.2) is 0 Å². The molecule has 1 aliphatic carbocycles. The lowest BCUT2D eigenvalue weighted by atomic mass is 9.82. The van der Waals surface area contributed by atoms with Gasteiger partial charge in [-0.05, 0) is 56.4 Å². The first-order valence-corrected chi connectivity index (χ1v) is 7.23. The van der Waals surface area contributed by atoms with Crippen molar-refractivity contribution in [3.8, 4) is 5.75 Å². The Kier molecular flexibility index (Phi) is 4.97. The van der Waals surface area contributed by atoms with E-state index in [0.717, 1.165) is 43.4 Å². The van der Waals surface area contributed by atoms with Crippen LogP contribution in [0.2, 0.25) is 0 Å². The minimum atomic E-state index is 0.155. The Hall–Kier alpha value is -1.35. The number of benzene rings is 1. The molecule has 0 aromatic heterocycles. The quantitative estimate of drug-likeness (QED) is 0.828. The lowest BCUT2D eigenvalue weighted by Crippen LogP contribution is -2.29. The summed E-state index contributed by atoms with van der Waals surface area (Å²) in [7, 11) is 0. The highest BCUT2D eigenvalue weighted by Crippen LogP contribution is 2.27. The summed E-state index contributed by atoms with van der Waals surface area (Å²) in [5.41, 5.74) is 6.67. The molecule has 0 saturated heterocycles. The van der Waals surface area contributed by atoms with Crippen LogP contribution in [-0.4, -0.2) is 18.4 Å². The molecule has 3 heteroatoms. The second kappa shape index (κ2) is 6.71. The number of nitrogens with two attached hydrogens (primary N) is 1. The van der Waals surface area contributed by atoms with Crippen molar-refractivity contribution in [2.75, 3.05) is 6.61 Å². The summed E-state index contributed by atoms with van der Waals surface area (Å²) in [6, 6.07) is 7.81. The van der Waals surface area contributed by atoms with Crippen molar-refractivity contribution < 1.29 is 9.53 Å². The number of carbonyl (C=O) groups is 1. The molecule has 1 aromatic rings. The van der Waals surface area contributed by atoms with Gasteiger partial charge in [-0.2, -0.15) is 0 Å². The molecule has 0 aliphatic heterocycles. The van der Waals surface area contributed by atoms with Crippen molar-refractivity contribution >= 4 is 5.78 Å². The van der Waals surface area contributed by atoms with Gasteiger partial charge in [-0.15, -0.1) is 0 Å². The number of hydrogen-bond donors (Lipinski definition) is 1. The van der Waals surface area contributed by atoms with E-state index in [0.29, 0.717) is 6.61 Å². The minimum Gasteiger partial charge on any atom is -0.494 e. The van der Waals surface area contributed by atoms with Crippen LogP contribution in [-0.2, 0) is 0 Å². The maximum Gasteiger partial charge on any atom is 0.165 e. The first kappa shape index (κ1) is 14.1. The molecule has 1 aromatic carbocycles. The fraction of sp³-hybridized carbons (Fsp3) is 0.562. The van der Waals surface area contributed by atoms with Gasteiger partial charge in [-0.3, -0.25) is 4.79 Å². The van der Waals surface area contributed by atoms with E-state index in [1.807, 2.05) is 24.3 Å². The first-order chi connectivity index (χ1) is 9.20. The highest BCUT2D eigenvalue weighted by molar-refractivity contribution is 5.98. The van der Waals surface area contributed by atoms with Crippen LogP contribution in [0.15, 0.2) is 24.3 Å². The van der Waals surface area contributed by atoms with Crippen molar-refractivity contribution in [3.63, 3.8) is 0 Å². The summed E-state index contributed by atoms with van der Waals surface area (Å²) in [5, 5.41) is 0. The third-order valence-electron chi connectivity index (χ3n) is 3.75. The molecule has 0 atom stereocenters. The van der Waals surface area contributed by atoms with E-state index in [1.54, 1.807) is 0 Å². The third-order valence-corrected chi connectivity index (χ3v) is 3.75. The molecule has 0 bridgehead atoms. The molecular weight excluding hydrogens is 238 g/mol. The molecule has 1 saturated carbocycles. The molecule has 2 N–H and O–H groups in total. The molecule has 19 heavy (non-hydrogen) atoms. The molecule has 2 rings (SSSR count).